The highest BCUT2D eigenvalue weighted by Crippen LogP contribution is 2.67. The lowest BCUT2D eigenvalue weighted by Gasteiger charge is -2.36. The molecule has 1 N–H and O–H groups in total. The van der Waals surface area contributed by atoms with Gasteiger partial charge in [0.2, 0.25) is 0 Å². The van der Waals surface area contributed by atoms with Crippen LogP contribution in [0.2, 0.25) is 0 Å². The molecule has 0 unspecified atom stereocenters. The number of hydrogen-bond donors (Lipinski definition) is 1. The molecule has 27 rings (SSSR count). The van der Waals surface area contributed by atoms with Gasteiger partial charge in [0.05, 0.1) is 188 Å². The van der Waals surface area contributed by atoms with Crippen LogP contribution in [0.25, 0.3) is 266 Å². The average molecular weight is 1620 g/mol. The zero-order valence-corrected chi connectivity index (χ0v) is 67.2. The summed E-state index contributed by atoms with van der Waals surface area (Å²) in [7, 11) is 0. The van der Waals surface area contributed by atoms with E-state index in [1.807, 2.05) is 194 Å². The van der Waals surface area contributed by atoms with E-state index in [0.29, 0.717) is 88.3 Å². The van der Waals surface area contributed by atoms with E-state index in [1.165, 1.54) is 0 Å². The molecule has 0 spiro atoms. The molecule has 1 aliphatic heterocycles. The maximum absolute atomic E-state index is 5.83. The Labute approximate surface area is 718 Å². The summed E-state index contributed by atoms with van der Waals surface area (Å²) in [6, 6.07) is 116. The number of hydrogen-bond acceptors (Lipinski definition) is 18. The van der Waals surface area contributed by atoms with Gasteiger partial charge in [0, 0.05) is 98.8 Å². The Morgan fingerprint density at radius 3 is 0.437 bits per heavy atom. The van der Waals surface area contributed by atoms with E-state index < -0.39 is 0 Å². The van der Waals surface area contributed by atoms with Crippen LogP contribution in [0.3, 0.4) is 0 Å². The molecular weight excluding hydrogens is 1570 g/mol. The van der Waals surface area contributed by atoms with Crippen LogP contribution < -0.4 is 5.32 Å². The van der Waals surface area contributed by atoms with Gasteiger partial charge in [-0.2, -0.15) is 0 Å². The molecule has 0 saturated carbocycles. The molecule has 17 nitrogen and oxygen atoms in total. The van der Waals surface area contributed by atoms with Crippen LogP contribution in [-0.2, 0) is 0 Å². The Balaban J connectivity index is 0.929. The number of nitrogens with zero attached hydrogens (tertiary/aromatic N) is 16. The number of anilines is 2. The molecule has 0 radical (unpaired) electrons. The predicted molar refractivity (Wildman–Crippen MR) is 509 cm³/mol. The van der Waals surface area contributed by atoms with Crippen molar-refractivity contribution in [2.75, 3.05) is 5.32 Å². The van der Waals surface area contributed by atoms with Crippen molar-refractivity contribution in [1.82, 2.24) is 79.7 Å². The molecule has 0 fully saturated rings. The first-order valence-corrected chi connectivity index (χ1v) is 42.5. The number of rotatable bonds is 8. The molecule has 18 heteroatoms. The van der Waals surface area contributed by atoms with Gasteiger partial charge in [-0.15, -0.1) is 0 Å². The van der Waals surface area contributed by atoms with E-state index in [0.717, 1.165) is 198 Å². The normalized spacial score (nSPS) is 12.3. The summed E-state index contributed by atoms with van der Waals surface area (Å²) in [4.78, 5) is 92.5. The van der Waals surface area contributed by atoms with Crippen LogP contribution >= 0.6 is 11.8 Å². The van der Waals surface area contributed by atoms with E-state index in [1.54, 1.807) is 11.8 Å². The Morgan fingerprint density at radius 2 is 0.262 bits per heavy atom. The van der Waals surface area contributed by atoms with Gasteiger partial charge in [-0.05, 0) is 146 Å². The lowest BCUT2D eigenvalue weighted by atomic mass is 9.79. The predicted octanol–water partition coefficient (Wildman–Crippen LogP) is 26.0. The molecule has 0 amide bonds. The van der Waals surface area contributed by atoms with Gasteiger partial charge in [-0.25, -0.2) is 79.7 Å². The molecule has 126 heavy (non-hydrogen) atoms. The summed E-state index contributed by atoms with van der Waals surface area (Å²) in [5.74, 6) is 0. The highest BCUT2D eigenvalue weighted by molar-refractivity contribution is 8.00. The topological polar surface area (TPSA) is 218 Å². The lowest BCUT2D eigenvalue weighted by Crippen LogP contribution is -2.12. The maximum atomic E-state index is 5.83. The van der Waals surface area contributed by atoms with Gasteiger partial charge in [-0.1, -0.05) is 206 Å². The van der Waals surface area contributed by atoms with Crippen molar-refractivity contribution in [3.8, 4) is 89.0 Å². The molecule has 0 bridgehead atoms. The number of aromatic nitrogens is 16. The Kier molecular flexibility index (Phi) is 15.0. The smallest absolute Gasteiger partial charge is 0.0973 e. The van der Waals surface area contributed by atoms with Crippen LogP contribution in [0.5, 0.6) is 0 Å². The van der Waals surface area contributed by atoms with Crippen LogP contribution in [0.4, 0.5) is 11.4 Å². The lowest BCUT2D eigenvalue weighted by molar-refractivity contribution is 1.30. The second kappa shape index (κ2) is 27.2. The highest BCUT2D eigenvalue weighted by Gasteiger charge is 2.41. The first-order chi connectivity index (χ1) is 62.4. The Morgan fingerprint density at radius 1 is 0.127 bits per heavy atom. The molecule has 0 aliphatic carbocycles. The van der Waals surface area contributed by atoms with Crippen LogP contribution in [0.1, 0.15) is 0 Å². The zero-order chi connectivity index (χ0) is 82.3. The number of fused-ring (bicyclic) bond motifs is 18. The zero-order valence-electron chi connectivity index (χ0n) is 66.4. The van der Waals surface area contributed by atoms with Crippen molar-refractivity contribution in [3.05, 3.63) is 340 Å². The minimum absolute atomic E-state index is 0.653. The summed E-state index contributed by atoms with van der Waals surface area (Å²) in [5, 5.41) is 4.69. The molecule has 9 heterocycles. The molecule has 580 valence electrons. The van der Waals surface area contributed by atoms with E-state index in [9.17, 15) is 0 Å². The third-order valence-corrected chi connectivity index (χ3v) is 25.7. The fourth-order valence-corrected chi connectivity index (χ4v) is 20.4. The summed E-state index contributed by atoms with van der Waals surface area (Å²) in [6.45, 7) is 0. The van der Waals surface area contributed by atoms with Gasteiger partial charge < -0.3 is 5.32 Å². The van der Waals surface area contributed by atoms with E-state index in [4.69, 9.17) is 85.1 Å². The van der Waals surface area contributed by atoms with Gasteiger partial charge in [0.25, 0.3) is 0 Å². The first kappa shape index (κ1) is 69.7. The van der Waals surface area contributed by atoms with Crippen LogP contribution in [-0.4, -0.2) is 79.7 Å². The second-order valence-corrected chi connectivity index (χ2v) is 32.7. The van der Waals surface area contributed by atoms with Crippen molar-refractivity contribution >= 4 is 200 Å². The van der Waals surface area contributed by atoms with E-state index in [-0.39, 0.29) is 0 Å². The first-order valence-electron chi connectivity index (χ1n) is 41.6. The third-order valence-electron chi connectivity index (χ3n) is 24.5. The quantitative estimate of drug-likeness (QED) is 0.140. The van der Waals surface area contributed by atoms with Crippen LogP contribution in [0.15, 0.2) is 350 Å². The molecule has 8 aromatic heterocycles. The third kappa shape index (κ3) is 10.7. The summed E-state index contributed by atoms with van der Waals surface area (Å²) >= 11 is 1.68. The standard InChI is InChI=1S/C108H57N17S/c1-9-41-73-65(33-1)109-81-49-17-25-57(97(81)117-73)89-91(59-27-19-51-83-99(59)119-75-43-11-3-35-67(75)111-83)95(63-31-23-55-87-103(63)123-79-47-15-7-39-71(79)115-87)107-105(93(89)61-29-21-53-85-101(61)121-77-45-13-5-37-69(77)113-85)125-106-94(62-30-22-54-86-102(62)122-78-46-14-6-38-70(78)114-86)90(58-26-18-50-82-98(58)118-74-42-10-2-34-66(74)110-82)92(60-28-20-52-84-100(60)120-76-44-12-4-36-68(76)112-84)96(108(106)126-107)64-32-24-56-88-104(64)124-80-48-16-8-40-72(80)116-88/h1-56,125H. The number of nitrogens with one attached hydrogen (secondary N) is 1. The Hall–Kier alpha value is -17.1. The van der Waals surface area contributed by atoms with Crippen molar-refractivity contribution in [2.45, 2.75) is 9.79 Å². The molecule has 18 aromatic carbocycles. The van der Waals surface area contributed by atoms with E-state index >= 15 is 0 Å². The molecule has 1 aliphatic rings. The van der Waals surface area contributed by atoms with Crippen molar-refractivity contribution < 1.29 is 0 Å². The minimum Gasteiger partial charge on any atom is -0.353 e. The fourth-order valence-electron chi connectivity index (χ4n) is 19.0. The molecule has 0 atom stereocenters. The fraction of sp³-hybridized carbons (Fsp3) is 0. The minimum atomic E-state index is 0.653. The second-order valence-electron chi connectivity index (χ2n) is 31.7. The average Bonchev–Trinajstić information content (AvgIpc) is 0.680. The SMILES string of the molecule is c1ccc2nc3c(-c4c5c(c(-c6cccc7nc8ccccc8nc67)c(-c6cccc7nc8ccccc8nc67)c4-c4cccc6nc7ccccc7nc46)Sc4c(c(-c6cccc7nc8ccccc8nc67)c(-c6cccc7nc8ccccc8nc67)c(-c6cccc7nc8ccccc8nc67)c4-c4cccc6nc7ccccc7nc46)N5)cccc3nc2c1. The number of para-hydroxylation sites is 24. The monoisotopic (exact) mass is 1620 g/mol. The maximum Gasteiger partial charge on any atom is 0.0973 e. The molecular formula is C108H57N17S. The van der Waals surface area contributed by atoms with Crippen LogP contribution in [0, 0.1) is 0 Å². The van der Waals surface area contributed by atoms with E-state index in [2.05, 4.69) is 146 Å². The van der Waals surface area contributed by atoms with Gasteiger partial charge in [0.15, 0.2) is 0 Å². The van der Waals surface area contributed by atoms with Gasteiger partial charge in [0.1, 0.15) is 0 Å². The number of benzene rings is 18. The summed E-state index contributed by atoms with van der Waals surface area (Å²) in [5.41, 5.74) is 36.4. The van der Waals surface area contributed by atoms with Crippen molar-refractivity contribution in [1.29, 1.82) is 0 Å². The van der Waals surface area contributed by atoms with Crippen molar-refractivity contribution in [2.24, 2.45) is 0 Å². The molecule has 26 aromatic rings. The summed E-state index contributed by atoms with van der Waals surface area (Å²) < 4.78 is 0. The highest BCUT2D eigenvalue weighted by atomic mass is 32.2. The van der Waals surface area contributed by atoms with Gasteiger partial charge in [-0.3, -0.25) is 0 Å². The largest absolute Gasteiger partial charge is 0.353 e. The Bertz CT molecular complexity index is 8300. The van der Waals surface area contributed by atoms with Gasteiger partial charge >= 0.3 is 0 Å². The summed E-state index contributed by atoms with van der Waals surface area (Å²) in [6.07, 6.45) is 0. The molecule has 0 saturated heterocycles. The van der Waals surface area contributed by atoms with Crippen molar-refractivity contribution in [3.63, 3.8) is 0 Å².